The van der Waals surface area contributed by atoms with E-state index in [0.29, 0.717) is 5.41 Å². The largest absolute Gasteiger partial charge is 0.505 e. The Kier molecular flexibility index (Phi) is 3.38. The fourth-order valence-corrected chi connectivity index (χ4v) is 1.24. The zero-order chi connectivity index (χ0) is 10.8. The smallest absolute Gasteiger partial charge is 0.170 e. The van der Waals surface area contributed by atoms with Crippen molar-refractivity contribution in [2.45, 2.75) is 33.6 Å². The second-order valence-electron chi connectivity index (χ2n) is 4.71. The van der Waals surface area contributed by atoms with Crippen molar-refractivity contribution in [1.82, 2.24) is 4.98 Å². The van der Waals surface area contributed by atoms with E-state index in [0.717, 1.165) is 18.4 Å². The molecule has 0 aromatic carbocycles. The van der Waals surface area contributed by atoms with Crippen LogP contribution in [-0.4, -0.2) is 10.1 Å². The van der Waals surface area contributed by atoms with Crippen LogP contribution in [0, 0.1) is 5.41 Å². The van der Waals surface area contributed by atoms with Gasteiger partial charge in [0.05, 0.1) is 0 Å². The van der Waals surface area contributed by atoms with E-state index in [9.17, 15) is 5.11 Å². The van der Waals surface area contributed by atoms with E-state index < -0.39 is 0 Å². The molecule has 1 aromatic rings. The Bertz CT molecular complexity index is 318. The van der Waals surface area contributed by atoms with E-state index in [1.807, 2.05) is 0 Å². The summed E-state index contributed by atoms with van der Waals surface area (Å²) in [6.07, 6.45) is 3.70. The lowest BCUT2D eigenvalue weighted by molar-refractivity contribution is 0.377. The van der Waals surface area contributed by atoms with Crippen LogP contribution in [0.2, 0.25) is 5.15 Å². The summed E-state index contributed by atoms with van der Waals surface area (Å²) in [6, 6.07) is 1.68. The van der Waals surface area contributed by atoms with Gasteiger partial charge in [-0.15, -0.1) is 0 Å². The first kappa shape index (κ1) is 11.3. The van der Waals surface area contributed by atoms with Crippen LogP contribution in [-0.2, 0) is 6.42 Å². The first-order valence-electron chi connectivity index (χ1n) is 4.72. The van der Waals surface area contributed by atoms with Crippen LogP contribution in [0.15, 0.2) is 12.3 Å². The highest BCUT2D eigenvalue weighted by Gasteiger charge is 2.10. The lowest BCUT2D eigenvalue weighted by atomic mass is 9.89. The van der Waals surface area contributed by atoms with Crippen molar-refractivity contribution in [2.24, 2.45) is 5.41 Å². The fourth-order valence-electron chi connectivity index (χ4n) is 1.13. The molecule has 0 unspecified atom stereocenters. The van der Waals surface area contributed by atoms with Crippen LogP contribution in [0.5, 0.6) is 5.75 Å². The Balaban J connectivity index is 2.65. The predicted molar refractivity (Wildman–Crippen MR) is 58.7 cm³/mol. The number of nitrogens with zero attached hydrogens (tertiary/aromatic N) is 1. The highest BCUT2D eigenvalue weighted by atomic mass is 35.5. The van der Waals surface area contributed by atoms with Gasteiger partial charge in [-0.2, -0.15) is 0 Å². The zero-order valence-corrected chi connectivity index (χ0v) is 9.60. The van der Waals surface area contributed by atoms with Gasteiger partial charge in [-0.05, 0) is 29.9 Å². The Labute approximate surface area is 89.9 Å². The molecule has 0 bridgehead atoms. The Hall–Kier alpha value is -0.760. The minimum absolute atomic E-state index is 0.0677. The normalized spacial score (nSPS) is 11.7. The standard InChI is InChI=1S/C11H16ClNO/c1-11(2,3)5-4-8-6-9(14)10(12)13-7-8/h6-7,14H,4-5H2,1-3H3. The van der Waals surface area contributed by atoms with Crippen molar-refractivity contribution in [3.63, 3.8) is 0 Å². The molecule has 0 atom stereocenters. The first-order chi connectivity index (χ1) is 6.38. The molecule has 0 fully saturated rings. The molecular weight excluding hydrogens is 198 g/mol. The number of rotatable bonds is 2. The molecule has 1 aromatic heterocycles. The topological polar surface area (TPSA) is 33.1 Å². The van der Waals surface area contributed by atoms with Gasteiger partial charge in [-0.25, -0.2) is 4.98 Å². The summed E-state index contributed by atoms with van der Waals surface area (Å²) in [5, 5.41) is 9.51. The molecule has 1 heterocycles. The summed E-state index contributed by atoms with van der Waals surface area (Å²) in [5.41, 5.74) is 1.33. The number of aromatic hydroxyl groups is 1. The Morgan fingerprint density at radius 1 is 1.43 bits per heavy atom. The summed E-state index contributed by atoms with van der Waals surface area (Å²) in [4.78, 5) is 3.89. The van der Waals surface area contributed by atoms with Crippen LogP contribution in [0.4, 0.5) is 0 Å². The summed E-state index contributed by atoms with van der Waals surface area (Å²) in [6.45, 7) is 6.57. The summed E-state index contributed by atoms with van der Waals surface area (Å²) < 4.78 is 0. The quantitative estimate of drug-likeness (QED) is 0.764. The van der Waals surface area contributed by atoms with Crippen molar-refractivity contribution in [2.75, 3.05) is 0 Å². The molecule has 0 spiro atoms. The van der Waals surface area contributed by atoms with E-state index in [-0.39, 0.29) is 10.9 Å². The van der Waals surface area contributed by atoms with Crippen LogP contribution < -0.4 is 0 Å². The number of pyridine rings is 1. The maximum absolute atomic E-state index is 9.34. The average molecular weight is 214 g/mol. The van der Waals surface area contributed by atoms with Gasteiger partial charge in [0.25, 0.3) is 0 Å². The molecule has 3 heteroatoms. The third kappa shape index (κ3) is 3.54. The van der Waals surface area contributed by atoms with Gasteiger partial charge in [0, 0.05) is 6.20 Å². The second kappa shape index (κ2) is 4.18. The monoisotopic (exact) mass is 213 g/mol. The predicted octanol–water partition coefficient (Wildman–Crippen LogP) is 3.42. The summed E-state index contributed by atoms with van der Waals surface area (Å²) in [7, 11) is 0. The van der Waals surface area contributed by atoms with Gasteiger partial charge >= 0.3 is 0 Å². The SMILES string of the molecule is CC(C)(C)CCc1cnc(Cl)c(O)c1. The minimum atomic E-state index is 0.0677. The minimum Gasteiger partial charge on any atom is -0.505 e. The van der Waals surface area contributed by atoms with E-state index in [1.54, 1.807) is 12.3 Å². The van der Waals surface area contributed by atoms with Crippen LogP contribution in [0.25, 0.3) is 0 Å². The second-order valence-corrected chi connectivity index (χ2v) is 5.07. The molecule has 2 nitrogen and oxygen atoms in total. The Morgan fingerprint density at radius 3 is 2.57 bits per heavy atom. The van der Waals surface area contributed by atoms with Crippen molar-refractivity contribution >= 4 is 11.6 Å². The molecule has 14 heavy (non-hydrogen) atoms. The number of aromatic nitrogens is 1. The van der Waals surface area contributed by atoms with Crippen LogP contribution in [0.1, 0.15) is 32.8 Å². The number of hydrogen-bond donors (Lipinski definition) is 1. The highest BCUT2D eigenvalue weighted by molar-refractivity contribution is 6.30. The summed E-state index contributed by atoms with van der Waals surface area (Å²) >= 11 is 5.61. The van der Waals surface area contributed by atoms with Crippen molar-refractivity contribution < 1.29 is 5.11 Å². The Morgan fingerprint density at radius 2 is 2.07 bits per heavy atom. The molecule has 0 amide bonds. The van der Waals surface area contributed by atoms with Gasteiger partial charge < -0.3 is 5.11 Å². The van der Waals surface area contributed by atoms with Crippen molar-refractivity contribution in [3.05, 3.63) is 23.0 Å². The van der Waals surface area contributed by atoms with Crippen molar-refractivity contribution in [1.29, 1.82) is 0 Å². The number of hydrogen-bond acceptors (Lipinski definition) is 2. The molecule has 0 saturated heterocycles. The molecule has 0 aliphatic rings. The zero-order valence-electron chi connectivity index (χ0n) is 8.84. The van der Waals surface area contributed by atoms with Crippen LogP contribution in [0.3, 0.4) is 0 Å². The molecule has 0 aliphatic heterocycles. The van der Waals surface area contributed by atoms with E-state index in [2.05, 4.69) is 25.8 Å². The fraction of sp³-hybridized carbons (Fsp3) is 0.545. The van der Waals surface area contributed by atoms with Crippen molar-refractivity contribution in [3.8, 4) is 5.75 Å². The molecule has 78 valence electrons. The number of halogens is 1. The molecule has 0 saturated carbocycles. The third-order valence-electron chi connectivity index (χ3n) is 2.04. The van der Waals surface area contributed by atoms with E-state index in [1.165, 1.54) is 0 Å². The van der Waals surface area contributed by atoms with Gasteiger partial charge in [0.15, 0.2) is 10.9 Å². The molecule has 1 rings (SSSR count). The van der Waals surface area contributed by atoms with E-state index >= 15 is 0 Å². The molecule has 1 N–H and O–H groups in total. The van der Waals surface area contributed by atoms with Gasteiger partial charge in [-0.3, -0.25) is 0 Å². The molecule has 0 aliphatic carbocycles. The molecule has 0 radical (unpaired) electrons. The maximum Gasteiger partial charge on any atom is 0.170 e. The van der Waals surface area contributed by atoms with Gasteiger partial charge in [0.1, 0.15) is 0 Å². The first-order valence-corrected chi connectivity index (χ1v) is 5.10. The average Bonchev–Trinajstić information content (AvgIpc) is 2.06. The van der Waals surface area contributed by atoms with Gasteiger partial charge in [0.2, 0.25) is 0 Å². The summed E-state index contributed by atoms with van der Waals surface area (Å²) in [5.74, 6) is 0.0677. The third-order valence-corrected chi connectivity index (χ3v) is 2.33. The van der Waals surface area contributed by atoms with E-state index in [4.69, 9.17) is 11.6 Å². The maximum atomic E-state index is 9.34. The highest BCUT2D eigenvalue weighted by Crippen LogP contribution is 2.25. The number of aryl methyl sites for hydroxylation is 1. The lowest BCUT2D eigenvalue weighted by Crippen LogP contribution is -2.06. The van der Waals surface area contributed by atoms with Crippen LogP contribution >= 0.6 is 11.6 Å². The van der Waals surface area contributed by atoms with Gasteiger partial charge in [-0.1, -0.05) is 32.4 Å². The molecular formula is C11H16ClNO. The lowest BCUT2D eigenvalue weighted by Gasteiger charge is -2.17.